The first-order chi connectivity index (χ1) is 6.85. The van der Waals surface area contributed by atoms with Crippen LogP contribution in [0.1, 0.15) is 0 Å². The fraction of sp³-hybridized carbons (Fsp3) is 1.00. The molecule has 90 valence electrons. The van der Waals surface area contributed by atoms with E-state index in [1.54, 1.807) is 0 Å². The number of ether oxygens (including phenoxy) is 1. The van der Waals surface area contributed by atoms with E-state index in [2.05, 4.69) is 4.52 Å². The molecule has 5 N–H and O–H groups in total. The minimum Gasteiger partial charge on any atom is -0.394 e. The lowest BCUT2D eigenvalue weighted by atomic mass is 10.1. The van der Waals surface area contributed by atoms with Crippen LogP contribution >= 0.6 is 7.82 Å². The molecule has 0 radical (unpaired) electrons. The fourth-order valence-corrected chi connectivity index (χ4v) is 1.63. The maximum Gasteiger partial charge on any atom is 0.469 e. The van der Waals surface area contributed by atoms with Crippen molar-refractivity contribution in [2.75, 3.05) is 13.2 Å². The molecule has 1 aliphatic heterocycles. The highest BCUT2D eigenvalue weighted by molar-refractivity contribution is 7.46. The zero-order valence-electron chi connectivity index (χ0n) is 7.63. The smallest absolute Gasteiger partial charge is 0.394 e. The van der Waals surface area contributed by atoms with Crippen LogP contribution in [0, 0.1) is 0 Å². The molecule has 1 rings (SSSR count). The third-order valence-electron chi connectivity index (χ3n) is 2.05. The quantitative estimate of drug-likeness (QED) is 0.344. The Bertz CT molecular complexity index is 252. The summed E-state index contributed by atoms with van der Waals surface area (Å²) < 4.78 is 19.4. The molecule has 0 amide bonds. The van der Waals surface area contributed by atoms with Gasteiger partial charge in [-0.2, -0.15) is 0 Å². The van der Waals surface area contributed by atoms with Gasteiger partial charge in [-0.15, -0.1) is 0 Å². The third kappa shape index (κ3) is 3.47. The van der Waals surface area contributed by atoms with Gasteiger partial charge in [0.1, 0.15) is 24.4 Å². The minimum absolute atomic E-state index is 0.495. The summed E-state index contributed by atoms with van der Waals surface area (Å²) in [7, 11) is -4.63. The lowest BCUT2D eigenvalue weighted by molar-refractivity contribution is -0.0388. The summed E-state index contributed by atoms with van der Waals surface area (Å²) in [5, 5.41) is 27.3. The van der Waals surface area contributed by atoms with Gasteiger partial charge < -0.3 is 29.8 Å². The molecule has 15 heavy (non-hydrogen) atoms. The van der Waals surface area contributed by atoms with E-state index in [1.807, 2.05) is 0 Å². The second kappa shape index (κ2) is 4.86. The molecule has 1 aliphatic rings. The first kappa shape index (κ1) is 13.0. The van der Waals surface area contributed by atoms with Gasteiger partial charge in [-0.3, -0.25) is 4.52 Å². The second-order valence-electron chi connectivity index (χ2n) is 3.16. The zero-order valence-corrected chi connectivity index (χ0v) is 8.53. The molecule has 0 saturated carbocycles. The fourth-order valence-electron chi connectivity index (χ4n) is 1.28. The number of rotatable bonds is 4. The van der Waals surface area contributed by atoms with Crippen molar-refractivity contribution in [2.24, 2.45) is 0 Å². The molecule has 1 fully saturated rings. The molecular weight excluding hydrogens is 231 g/mol. The Morgan fingerprint density at radius 1 is 1.20 bits per heavy atom. The van der Waals surface area contributed by atoms with Crippen molar-refractivity contribution >= 4 is 7.82 Å². The molecular formula is C6H13O8P. The summed E-state index contributed by atoms with van der Waals surface area (Å²) in [6.45, 7) is -1.05. The van der Waals surface area contributed by atoms with Crippen LogP contribution in [0.15, 0.2) is 0 Å². The van der Waals surface area contributed by atoms with Crippen LogP contribution < -0.4 is 0 Å². The zero-order chi connectivity index (χ0) is 11.6. The van der Waals surface area contributed by atoms with Crippen LogP contribution in [-0.2, 0) is 13.8 Å². The molecule has 0 aromatic heterocycles. The predicted molar refractivity (Wildman–Crippen MR) is 45.8 cm³/mol. The maximum atomic E-state index is 10.4. The van der Waals surface area contributed by atoms with E-state index in [0.717, 1.165) is 0 Å². The van der Waals surface area contributed by atoms with Crippen molar-refractivity contribution in [3.05, 3.63) is 0 Å². The van der Waals surface area contributed by atoms with Gasteiger partial charge >= 0.3 is 7.82 Å². The minimum atomic E-state index is -4.63. The largest absolute Gasteiger partial charge is 0.469 e. The molecule has 0 bridgehead atoms. The molecule has 1 saturated heterocycles. The van der Waals surface area contributed by atoms with E-state index in [-0.39, 0.29) is 0 Å². The highest BCUT2D eigenvalue weighted by Crippen LogP contribution is 2.37. The molecule has 0 aromatic rings. The normalized spacial score (nSPS) is 37.1. The van der Waals surface area contributed by atoms with Crippen molar-refractivity contribution < 1.29 is 38.9 Å². The number of hydrogen-bond donors (Lipinski definition) is 5. The number of hydrogen-bond acceptors (Lipinski definition) is 6. The number of phosphoric acid groups is 1. The van der Waals surface area contributed by atoms with Gasteiger partial charge in [-0.1, -0.05) is 0 Å². The van der Waals surface area contributed by atoms with Gasteiger partial charge in [0.15, 0.2) is 0 Å². The van der Waals surface area contributed by atoms with E-state index < -0.39 is 45.5 Å². The lowest BCUT2D eigenvalue weighted by Gasteiger charge is -2.14. The monoisotopic (exact) mass is 244 g/mol. The first-order valence-corrected chi connectivity index (χ1v) is 5.70. The van der Waals surface area contributed by atoms with Crippen LogP contribution in [0.2, 0.25) is 0 Å². The van der Waals surface area contributed by atoms with Gasteiger partial charge in [0.25, 0.3) is 0 Å². The Hall–Kier alpha value is -0.0500. The Balaban J connectivity index is 2.47. The average Bonchev–Trinajstić information content (AvgIpc) is 2.40. The highest BCUT2D eigenvalue weighted by Gasteiger charge is 2.43. The summed E-state index contributed by atoms with van der Waals surface area (Å²) in [5.74, 6) is 0. The van der Waals surface area contributed by atoms with E-state index in [4.69, 9.17) is 19.6 Å². The number of aliphatic hydroxyl groups excluding tert-OH is 3. The third-order valence-corrected chi connectivity index (χ3v) is 2.53. The van der Waals surface area contributed by atoms with Gasteiger partial charge in [0, 0.05) is 0 Å². The molecule has 0 aliphatic carbocycles. The Kier molecular flexibility index (Phi) is 4.21. The molecule has 8 nitrogen and oxygen atoms in total. The lowest BCUT2D eigenvalue weighted by Crippen LogP contribution is -2.35. The number of phosphoric ester groups is 1. The van der Waals surface area contributed by atoms with Crippen molar-refractivity contribution in [2.45, 2.75) is 24.4 Å². The van der Waals surface area contributed by atoms with E-state index in [0.29, 0.717) is 0 Å². The molecule has 1 heterocycles. The summed E-state index contributed by atoms with van der Waals surface area (Å²) in [6.07, 6.45) is -4.66. The van der Waals surface area contributed by atoms with Crippen LogP contribution in [0.5, 0.6) is 0 Å². The maximum absolute atomic E-state index is 10.4. The Labute approximate surface area is 85.3 Å². The SMILES string of the molecule is O=P(O)(O)OC[C@@H]1O[C@@H](CO)[C@@H](O)[C@H]1O. The van der Waals surface area contributed by atoms with E-state index in [1.165, 1.54) is 0 Å². The van der Waals surface area contributed by atoms with Gasteiger partial charge in [-0.05, 0) is 0 Å². The summed E-state index contributed by atoms with van der Waals surface area (Å²) in [6, 6.07) is 0. The summed E-state index contributed by atoms with van der Waals surface area (Å²) in [4.78, 5) is 16.8. The molecule has 4 atom stereocenters. The van der Waals surface area contributed by atoms with Crippen LogP contribution in [0.3, 0.4) is 0 Å². The van der Waals surface area contributed by atoms with Gasteiger partial charge in [0.05, 0.1) is 13.2 Å². The summed E-state index contributed by atoms with van der Waals surface area (Å²) in [5.41, 5.74) is 0. The van der Waals surface area contributed by atoms with Gasteiger partial charge in [0.2, 0.25) is 0 Å². The molecule has 9 heteroatoms. The standard InChI is InChI=1S/C6H13O8P/c7-1-3-5(8)6(9)4(14-3)2-13-15(10,11)12/h3-9H,1-2H2,(H2,10,11,12)/t3-,4-,5+,6-/m0/s1. The highest BCUT2D eigenvalue weighted by atomic mass is 31.2. The Morgan fingerprint density at radius 2 is 1.73 bits per heavy atom. The van der Waals surface area contributed by atoms with Crippen LogP contribution in [0.25, 0.3) is 0 Å². The van der Waals surface area contributed by atoms with E-state index in [9.17, 15) is 14.8 Å². The van der Waals surface area contributed by atoms with Crippen molar-refractivity contribution in [3.63, 3.8) is 0 Å². The topological polar surface area (TPSA) is 137 Å². The number of aliphatic hydroxyl groups is 3. The Morgan fingerprint density at radius 3 is 2.13 bits per heavy atom. The average molecular weight is 244 g/mol. The predicted octanol–water partition coefficient (Wildman–Crippen LogP) is -2.42. The molecule has 0 aromatic carbocycles. The molecule has 0 unspecified atom stereocenters. The van der Waals surface area contributed by atoms with Crippen molar-refractivity contribution in [1.82, 2.24) is 0 Å². The van der Waals surface area contributed by atoms with E-state index >= 15 is 0 Å². The van der Waals surface area contributed by atoms with Crippen LogP contribution in [-0.4, -0.2) is 62.7 Å². The van der Waals surface area contributed by atoms with Crippen molar-refractivity contribution in [3.8, 4) is 0 Å². The van der Waals surface area contributed by atoms with Crippen LogP contribution in [0.4, 0.5) is 0 Å². The first-order valence-electron chi connectivity index (χ1n) is 4.17. The summed E-state index contributed by atoms with van der Waals surface area (Å²) >= 11 is 0. The molecule has 0 spiro atoms. The second-order valence-corrected chi connectivity index (χ2v) is 4.40. The van der Waals surface area contributed by atoms with Gasteiger partial charge in [-0.25, -0.2) is 4.57 Å². The van der Waals surface area contributed by atoms with Crippen molar-refractivity contribution in [1.29, 1.82) is 0 Å².